The van der Waals surface area contributed by atoms with Gasteiger partial charge in [-0.3, -0.25) is 4.79 Å². The Labute approximate surface area is 173 Å². The van der Waals surface area contributed by atoms with E-state index < -0.39 is 5.41 Å². The van der Waals surface area contributed by atoms with Crippen molar-refractivity contribution in [1.29, 1.82) is 0 Å². The molecule has 1 spiro atoms. The Hall–Kier alpha value is -2.34. The average Bonchev–Trinajstić information content (AvgIpc) is 2.85. The van der Waals surface area contributed by atoms with Crippen molar-refractivity contribution in [2.45, 2.75) is 43.6 Å². The number of carbonyl (C=O) groups excluding carboxylic acids is 2. The van der Waals surface area contributed by atoms with Gasteiger partial charge in [-0.05, 0) is 43.2 Å². The lowest BCUT2D eigenvalue weighted by Crippen LogP contribution is -2.53. The first kappa shape index (κ1) is 21.4. The highest BCUT2D eigenvalue weighted by atomic mass is 16.5. The third-order valence-corrected chi connectivity index (χ3v) is 6.45. The summed E-state index contributed by atoms with van der Waals surface area (Å²) in [4.78, 5) is 29.9. The van der Waals surface area contributed by atoms with Crippen LogP contribution in [-0.4, -0.2) is 68.2 Å². The van der Waals surface area contributed by atoms with Crippen LogP contribution in [0.4, 0.5) is 4.79 Å². The molecule has 1 aliphatic carbocycles. The Morgan fingerprint density at radius 1 is 1.38 bits per heavy atom. The van der Waals surface area contributed by atoms with Crippen LogP contribution in [0.5, 0.6) is 0 Å². The molecule has 1 fully saturated rings. The first-order valence-corrected chi connectivity index (χ1v) is 10.5. The summed E-state index contributed by atoms with van der Waals surface area (Å²) in [6, 6.07) is 8.40. The van der Waals surface area contributed by atoms with E-state index in [1.807, 2.05) is 22.9 Å². The summed E-state index contributed by atoms with van der Waals surface area (Å²) in [5, 5.41) is 2.89. The van der Waals surface area contributed by atoms with E-state index >= 15 is 0 Å². The third kappa shape index (κ3) is 4.32. The van der Waals surface area contributed by atoms with Crippen LogP contribution in [0.3, 0.4) is 0 Å². The summed E-state index contributed by atoms with van der Waals surface area (Å²) in [6.07, 6.45) is 5.71. The molecule has 1 saturated carbocycles. The van der Waals surface area contributed by atoms with E-state index in [0.29, 0.717) is 19.7 Å². The highest BCUT2D eigenvalue weighted by Gasteiger charge is 2.47. The van der Waals surface area contributed by atoms with Crippen molar-refractivity contribution in [1.82, 2.24) is 15.1 Å². The molecule has 3 rings (SSSR count). The number of carbonyl (C=O) groups is 2. The number of urea groups is 1. The van der Waals surface area contributed by atoms with E-state index in [0.717, 1.165) is 38.6 Å². The van der Waals surface area contributed by atoms with Gasteiger partial charge in [0.2, 0.25) is 5.91 Å². The molecule has 1 aliphatic heterocycles. The van der Waals surface area contributed by atoms with E-state index in [4.69, 9.17) is 4.74 Å². The lowest BCUT2D eigenvalue weighted by Gasteiger charge is -2.43. The Morgan fingerprint density at radius 3 is 2.79 bits per heavy atom. The number of amides is 3. The number of nitrogens with one attached hydrogen (secondary N) is 1. The largest absolute Gasteiger partial charge is 0.383 e. The molecule has 0 saturated heterocycles. The van der Waals surface area contributed by atoms with Crippen molar-refractivity contribution in [3.63, 3.8) is 0 Å². The minimum absolute atomic E-state index is 0.0902. The normalized spacial score (nSPS) is 24.0. The summed E-state index contributed by atoms with van der Waals surface area (Å²) in [6.45, 7) is 5.90. The van der Waals surface area contributed by atoms with Crippen LogP contribution in [0.25, 0.3) is 0 Å². The first-order valence-electron chi connectivity index (χ1n) is 10.5. The van der Waals surface area contributed by atoms with E-state index in [2.05, 4.69) is 30.1 Å². The smallest absolute Gasteiger partial charge is 0.317 e. The number of methoxy groups -OCH3 is 1. The minimum atomic E-state index is -0.469. The monoisotopic (exact) mass is 399 g/mol. The Kier molecular flexibility index (Phi) is 6.96. The molecule has 6 heteroatoms. The number of hydrogen-bond acceptors (Lipinski definition) is 3. The van der Waals surface area contributed by atoms with E-state index in [1.54, 1.807) is 13.2 Å². The molecule has 0 radical (unpaired) electrons. The van der Waals surface area contributed by atoms with Gasteiger partial charge in [0, 0.05) is 39.8 Å². The van der Waals surface area contributed by atoms with Gasteiger partial charge in [-0.1, -0.05) is 30.3 Å². The zero-order chi connectivity index (χ0) is 20.9. The maximum absolute atomic E-state index is 13.4. The number of benzene rings is 1. The number of fused-ring (bicyclic) bond motifs is 2. The van der Waals surface area contributed by atoms with Gasteiger partial charge in [-0.2, -0.15) is 0 Å². The van der Waals surface area contributed by atoms with Crippen LogP contribution in [-0.2, 0) is 21.4 Å². The predicted octanol–water partition coefficient (Wildman–Crippen LogP) is 2.73. The Morgan fingerprint density at radius 2 is 2.10 bits per heavy atom. The van der Waals surface area contributed by atoms with Crippen LogP contribution >= 0.6 is 0 Å². The summed E-state index contributed by atoms with van der Waals surface area (Å²) in [5.41, 5.74) is 2.00. The van der Waals surface area contributed by atoms with Crippen molar-refractivity contribution >= 4 is 11.9 Å². The number of rotatable bonds is 6. The van der Waals surface area contributed by atoms with Crippen molar-refractivity contribution in [3.05, 3.63) is 48.0 Å². The van der Waals surface area contributed by atoms with Crippen molar-refractivity contribution < 1.29 is 14.3 Å². The number of nitrogens with zero attached hydrogens (tertiary/aromatic N) is 2. The Balaban J connectivity index is 1.82. The van der Waals surface area contributed by atoms with Gasteiger partial charge >= 0.3 is 6.03 Å². The topological polar surface area (TPSA) is 61.9 Å². The second-order valence-electron chi connectivity index (χ2n) is 8.11. The minimum Gasteiger partial charge on any atom is -0.383 e. The number of likely N-dealkylation sites (N-methyl/N-ethyl adjacent to an activating group) is 1. The van der Waals surface area contributed by atoms with Crippen LogP contribution in [0.2, 0.25) is 0 Å². The summed E-state index contributed by atoms with van der Waals surface area (Å²) < 4.78 is 5.22. The first-order chi connectivity index (χ1) is 14.0. The molecule has 0 atom stereocenters. The molecule has 0 bridgehead atoms. The van der Waals surface area contributed by atoms with Gasteiger partial charge in [0.15, 0.2) is 0 Å². The molecule has 1 heterocycles. The van der Waals surface area contributed by atoms with Crippen molar-refractivity contribution in [3.8, 4) is 0 Å². The fourth-order valence-corrected chi connectivity index (χ4v) is 4.87. The SMILES string of the molecule is C=CCNC(=O)N(CCOC)C1CCC2(CC1)C(=O)N(C)CCc1ccccc12. The maximum Gasteiger partial charge on any atom is 0.317 e. The quantitative estimate of drug-likeness (QED) is 0.748. The molecule has 158 valence electrons. The predicted molar refractivity (Wildman–Crippen MR) is 114 cm³/mol. The second kappa shape index (κ2) is 9.44. The van der Waals surface area contributed by atoms with Gasteiger partial charge in [0.1, 0.15) is 0 Å². The van der Waals surface area contributed by atoms with Gasteiger partial charge in [-0.25, -0.2) is 4.79 Å². The maximum atomic E-state index is 13.4. The number of ether oxygens (including phenoxy) is 1. The highest BCUT2D eigenvalue weighted by molar-refractivity contribution is 5.89. The molecule has 1 N–H and O–H groups in total. The molecule has 2 aliphatic rings. The van der Waals surface area contributed by atoms with Crippen LogP contribution < -0.4 is 5.32 Å². The Bertz CT molecular complexity index is 741. The molecular weight excluding hydrogens is 366 g/mol. The molecular formula is C23H33N3O3. The third-order valence-electron chi connectivity index (χ3n) is 6.45. The average molecular weight is 400 g/mol. The number of hydrogen-bond donors (Lipinski definition) is 1. The van der Waals surface area contributed by atoms with E-state index in [-0.39, 0.29) is 18.0 Å². The zero-order valence-corrected chi connectivity index (χ0v) is 17.7. The highest BCUT2D eigenvalue weighted by Crippen LogP contribution is 2.44. The van der Waals surface area contributed by atoms with Gasteiger partial charge in [-0.15, -0.1) is 6.58 Å². The summed E-state index contributed by atoms with van der Waals surface area (Å²) in [7, 11) is 3.56. The molecule has 1 aromatic rings. The lowest BCUT2D eigenvalue weighted by molar-refractivity contribution is -0.137. The molecule has 0 aromatic heterocycles. The summed E-state index contributed by atoms with van der Waals surface area (Å²) in [5.74, 6) is 0.223. The van der Waals surface area contributed by atoms with Crippen LogP contribution in [0.1, 0.15) is 36.8 Å². The van der Waals surface area contributed by atoms with Gasteiger partial charge in [0.05, 0.1) is 12.0 Å². The summed E-state index contributed by atoms with van der Waals surface area (Å²) >= 11 is 0. The molecule has 29 heavy (non-hydrogen) atoms. The molecule has 3 amide bonds. The van der Waals surface area contributed by atoms with Crippen LogP contribution in [0, 0.1) is 0 Å². The standard InChI is InChI=1S/C23H33N3O3/c1-4-14-24-22(28)26(16-17-29-3)19-9-12-23(13-10-19)20-8-6-5-7-18(20)11-15-25(2)21(23)27/h4-8,19H,1,9-17H2,2-3H3,(H,24,28). The van der Waals surface area contributed by atoms with Crippen molar-refractivity contribution in [2.75, 3.05) is 40.4 Å². The fraction of sp³-hybridized carbons (Fsp3) is 0.565. The van der Waals surface area contributed by atoms with Crippen LogP contribution in [0.15, 0.2) is 36.9 Å². The molecule has 0 unspecified atom stereocenters. The second-order valence-corrected chi connectivity index (χ2v) is 8.11. The molecule has 6 nitrogen and oxygen atoms in total. The van der Waals surface area contributed by atoms with Gasteiger partial charge < -0.3 is 19.9 Å². The molecule has 1 aromatic carbocycles. The van der Waals surface area contributed by atoms with E-state index in [1.165, 1.54) is 11.1 Å². The fourth-order valence-electron chi connectivity index (χ4n) is 4.87. The van der Waals surface area contributed by atoms with Crippen molar-refractivity contribution in [2.24, 2.45) is 0 Å². The lowest BCUT2D eigenvalue weighted by atomic mass is 9.66. The van der Waals surface area contributed by atoms with Gasteiger partial charge in [0.25, 0.3) is 0 Å². The zero-order valence-electron chi connectivity index (χ0n) is 17.7. The van der Waals surface area contributed by atoms with E-state index in [9.17, 15) is 9.59 Å².